The largest absolute Gasteiger partial charge is 0.337 e. The van der Waals surface area contributed by atoms with E-state index in [1.54, 1.807) is 18.0 Å². The number of aryl methyl sites for hydroxylation is 2. The van der Waals surface area contributed by atoms with E-state index in [1.165, 1.54) is 5.56 Å². The third-order valence-electron chi connectivity index (χ3n) is 5.38. The Morgan fingerprint density at radius 2 is 1.88 bits per heavy atom. The third kappa shape index (κ3) is 3.57. The summed E-state index contributed by atoms with van der Waals surface area (Å²) in [6.45, 7) is 5.72. The van der Waals surface area contributed by atoms with Gasteiger partial charge in [-0.3, -0.25) is 15.0 Å². The maximum absolute atomic E-state index is 12.8. The summed E-state index contributed by atoms with van der Waals surface area (Å²) in [6, 6.07) is 12.1. The van der Waals surface area contributed by atoms with Crippen LogP contribution in [-0.4, -0.2) is 34.9 Å². The van der Waals surface area contributed by atoms with Crippen LogP contribution in [0.15, 0.2) is 41.2 Å². The average molecular weight is 354 g/mol. The quantitative estimate of drug-likeness (QED) is 0.785. The Bertz CT molecular complexity index is 847. The number of benzene rings is 1. The number of rotatable bonds is 4. The van der Waals surface area contributed by atoms with Crippen LogP contribution in [0.2, 0.25) is 0 Å². The molecule has 0 bridgehead atoms. The Hall–Kier alpha value is -2.44. The standard InChI is InChI=1S/C20H26N4O2/c1-12-10-16(19(25)21-13(12)2)20(26)24(4)14(3)17-11-18(23-22-17)15-8-6-5-7-9-15/h5-10,14,17-18,22-23H,11H2,1-4H3,(H,21,25). The van der Waals surface area contributed by atoms with Crippen LogP contribution in [0.3, 0.4) is 0 Å². The first-order chi connectivity index (χ1) is 12.4. The molecule has 1 amide bonds. The molecule has 3 unspecified atom stereocenters. The van der Waals surface area contributed by atoms with Gasteiger partial charge < -0.3 is 9.88 Å². The van der Waals surface area contributed by atoms with Crippen LogP contribution >= 0.6 is 0 Å². The minimum Gasteiger partial charge on any atom is -0.337 e. The van der Waals surface area contributed by atoms with E-state index in [4.69, 9.17) is 0 Å². The highest BCUT2D eigenvalue weighted by molar-refractivity contribution is 5.94. The Balaban J connectivity index is 1.72. The van der Waals surface area contributed by atoms with Crippen LogP contribution in [0.1, 0.15) is 46.6 Å². The molecule has 1 aromatic heterocycles. The van der Waals surface area contributed by atoms with Gasteiger partial charge in [-0.2, -0.15) is 0 Å². The lowest BCUT2D eigenvalue weighted by atomic mass is 9.98. The Morgan fingerprint density at radius 1 is 1.19 bits per heavy atom. The highest BCUT2D eigenvalue weighted by Gasteiger charge is 2.33. The van der Waals surface area contributed by atoms with Crippen molar-refractivity contribution in [1.29, 1.82) is 0 Å². The van der Waals surface area contributed by atoms with Gasteiger partial charge in [0.15, 0.2) is 0 Å². The molecule has 138 valence electrons. The van der Waals surface area contributed by atoms with Crippen molar-refractivity contribution in [3.05, 3.63) is 69.1 Å². The van der Waals surface area contributed by atoms with Crippen LogP contribution in [0.4, 0.5) is 0 Å². The zero-order valence-corrected chi connectivity index (χ0v) is 15.7. The number of carbonyl (C=O) groups is 1. The lowest BCUT2D eigenvalue weighted by Gasteiger charge is -2.29. The van der Waals surface area contributed by atoms with Crippen molar-refractivity contribution in [3.8, 4) is 0 Å². The van der Waals surface area contributed by atoms with Crippen molar-refractivity contribution < 1.29 is 4.79 Å². The number of aromatic amines is 1. The number of hydrazine groups is 1. The third-order valence-corrected chi connectivity index (χ3v) is 5.38. The number of nitrogens with one attached hydrogen (secondary N) is 3. The zero-order valence-electron chi connectivity index (χ0n) is 15.7. The van der Waals surface area contributed by atoms with Crippen LogP contribution < -0.4 is 16.4 Å². The average Bonchev–Trinajstić information content (AvgIpc) is 3.14. The highest BCUT2D eigenvalue weighted by atomic mass is 16.2. The summed E-state index contributed by atoms with van der Waals surface area (Å²) < 4.78 is 0. The second-order valence-corrected chi connectivity index (χ2v) is 7.07. The Labute approximate surface area is 153 Å². The summed E-state index contributed by atoms with van der Waals surface area (Å²) in [5.41, 5.74) is 9.36. The molecule has 6 nitrogen and oxygen atoms in total. The first-order valence-electron chi connectivity index (χ1n) is 8.92. The number of amides is 1. The molecular weight excluding hydrogens is 328 g/mol. The molecule has 0 aliphatic carbocycles. The number of H-pyrrole nitrogens is 1. The van der Waals surface area contributed by atoms with E-state index in [-0.39, 0.29) is 35.2 Å². The molecule has 2 aromatic rings. The lowest BCUT2D eigenvalue weighted by Crippen LogP contribution is -2.49. The Kier molecular flexibility index (Phi) is 5.25. The van der Waals surface area contributed by atoms with Gasteiger partial charge in [-0.05, 0) is 44.4 Å². The van der Waals surface area contributed by atoms with Crippen LogP contribution in [0.25, 0.3) is 0 Å². The van der Waals surface area contributed by atoms with Crippen molar-refractivity contribution in [3.63, 3.8) is 0 Å². The molecule has 3 rings (SSSR count). The van der Waals surface area contributed by atoms with E-state index in [0.717, 1.165) is 17.7 Å². The van der Waals surface area contributed by atoms with Gasteiger partial charge in [-0.1, -0.05) is 30.3 Å². The molecule has 1 aromatic carbocycles. The molecule has 3 N–H and O–H groups in total. The first-order valence-corrected chi connectivity index (χ1v) is 8.92. The van der Waals surface area contributed by atoms with Crippen LogP contribution in [0, 0.1) is 13.8 Å². The summed E-state index contributed by atoms with van der Waals surface area (Å²) in [6.07, 6.45) is 0.867. The van der Waals surface area contributed by atoms with Crippen LogP contribution in [-0.2, 0) is 0 Å². The van der Waals surface area contributed by atoms with Gasteiger partial charge in [0.2, 0.25) is 0 Å². The van der Waals surface area contributed by atoms with E-state index in [1.807, 2.05) is 39.0 Å². The minimum absolute atomic E-state index is 0.0651. The smallest absolute Gasteiger partial charge is 0.261 e. The number of likely N-dealkylation sites (N-methyl/N-ethyl adjacent to an activating group) is 1. The van der Waals surface area contributed by atoms with Crippen molar-refractivity contribution in [2.45, 2.75) is 45.3 Å². The molecule has 1 fully saturated rings. The number of carbonyl (C=O) groups excluding carboxylic acids is 1. The van der Waals surface area contributed by atoms with E-state index < -0.39 is 0 Å². The normalized spacial score (nSPS) is 20.8. The molecule has 1 saturated heterocycles. The number of nitrogens with zero attached hydrogens (tertiary/aromatic N) is 1. The lowest BCUT2D eigenvalue weighted by molar-refractivity contribution is 0.0713. The van der Waals surface area contributed by atoms with Gasteiger partial charge in [0.05, 0.1) is 0 Å². The highest BCUT2D eigenvalue weighted by Crippen LogP contribution is 2.25. The summed E-state index contributed by atoms with van der Waals surface area (Å²) >= 11 is 0. The number of pyridine rings is 1. The van der Waals surface area contributed by atoms with E-state index >= 15 is 0 Å². The molecule has 2 heterocycles. The van der Waals surface area contributed by atoms with Gasteiger partial charge in [0.25, 0.3) is 11.5 Å². The van der Waals surface area contributed by atoms with E-state index in [2.05, 4.69) is 28.0 Å². The van der Waals surface area contributed by atoms with Gasteiger partial charge in [0, 0.05) is 30.9 Å². The minimum atomic E-state index is -0.336. The van der Waals surface area contributed by atoms with E-state index in [0.29, 0.717) is 0 Å². The van der Waals surface area contributed by atoms with Gasteiger partial charge >= 0.3 is 0 Å². The number of aromatic nitrogens is 1. The van der Waals surface area contributed by atoms with Crippen molar-refractivity contribution >= 4 is 5.91 Å². The molecule has 0 saturated carbocycles. The predicted molar refractivity (Wildman–Crippen MR) is 102 cm³/mol. The molecule has 0 radical (unpaired) electrons. The van der Waals surface area contributed by atoms with Gasteiger partial charge in [-0.25, -0.2) is 5.43 Å². The molecule has 26 heavy (non-hydrogen) atoms. The van der Waals surface area contributed by atoms with Gasteiger partial charge in [0.1, 0.15) is 5.56 Å². The summed E-state index contributed by atoms with van der Waals surface area (Å²) in [5.74, 6) is -0.258. The zero-order chi connectivity index (χ0) is 18.8. The fraction of sp³-hybridized carbons (Fsp3) is 0.400. The summed E-state index contributed by atoms with van der Waals surface area (Å²) in [7, 11) is 1.75. The molecule has 1 aliphatic heterocycles. The molecule has 6 heteroatoms. The maximum Gasteiger partial charge on any atom is 0.261 e. The fourth-order valence-electron chi connectivity index (χ4n) is 3.33. The molecular formula is C20H26N4O2. The fourth-order valence-corrected chi connectivity index (χ4v) is 3.33. The van der Waals surface area contributed by atoms with E-state index in [9.17, 15) is 9.59 Å². The summed E-state index contributed by atoms with van der Waals surface area (Å²) in [4.78, 5) is 29.4. The van der Waals surface area contributed by atoms with Gasteiger partial charge in [-0.15, -0.1) is 0 Å². The maximum atomic E-state index is 12.8. The van der Waals surface area contributed by atoms with Crippen molar-refractivity contribution in [1.82, 2.24) is 20.7 Å². The van der Waals surface area contributed by atoms with Crippen LogP contribution in [0.5, 0.6) is 0 Å². The number of hydrogen-bond donors (Lipinski definition) is 3. The molecule has 3 atom stereocenters. The predicted octanol–water partition coefficient (Wildman–Crippen LogP) is 2.06. The Morgan fingerprint density at radius 3 is 2.58 bits per heavy atom. The molecule has 0 spiro atoms. The topological polar surface area (TPSA) is 77.2 Å². The molecule has 1 aliphatic rings. The monoisotopic (exact) mass is 354 g/mol. The van der Waals surface area contributed by atoms with Crippen molar-refractivity contribution in [2.75, 3.05) is 7.05 Å². The second-order valence-electron chi connectivity index (χ2n) is 7.07. The summed E-state index contributed by atoms with van der Waals surface area (Å²) in [5, 5.41) is 0. The first kappa shape index (κ1) is 18.4. The number of hydrogen-bond acceptors (Lipinski definition) is 4. The second kappa shape index (κ2) is 7.43. The van der Waals surface area contributed by atoms with Crippen molar-refractivity contribution in [2.24, 2.45) is 0 Å². The SMILES string of the molecule is Cc1cc(C(=O)N(C)C(C)C2CC(c3ccccc3)NN2)c(=O)[nH]c1C.